The lowest BCUT2D eigenvalue weighted by Crippen LogP contribution is -2.36. The van der Waals surface area contributed by atoms with E-state index in [4.69, 9.17) is 0 Å². The van der Waals surface area contributed by atoms with E-state index in [0.717, 1.165) is 24.3 Å². The quantitative estimate of drug-likeness (QED) is 0.551. The molecule has 2 aromatic carbocycles. The molecule has 0 saturated heterocycles. The minimum Gasteiger partial charge on any atom is -0.207 e. The molecule has 0 atom stereocenters. The smallest absolute Gasteiger partial charge is 0.207 e. The van der Waals surface area contributed by atoms with Crippen molar-refractivity contribution in [2.75, 3.05) is 0 Å². The lowest BCUT2D eigenvalue weighted by Gasteiger charge is -2.05. The van der Waals surface area contributed by atoms with Crippen LogP contribution in [-0.2, 0) is 0 Å². The molecule has 86 valence electrons. The Morgan fingerprint density at radius 2 is 0.882 bits per heavy atom. The normalized spacial score (nSPS) is 10.4. The van der Waals surface area contributed by atoms with Gasteiger partial charge in [-0.05, 0) is 35.2 Å². The molecule has 2 rings (SSSR count). The third-order valence-corrected chi connectivity index (χ3v) is 2.48. The number of rotatable bonds is 2. The van der Waals surface area contributed by atoms with Crippen LogP contribution in [0, 0.1) is 23.3 Å². The van der Waals surface area contributed by atoms with E-state index in [1.165, 1.54) is 12.1 Å². The van der Waals surface area contributed by atoms with Gasteiger partial charge in [0.1, 0.15) is 23.3 Å². The number of benzene rings is 2. The van der Waals surface area contributed by atoms with Crippen LogP contribution in [0.5, 0.6) is 0 Å². The summed E-state index contributed by atoms with van der Waals surface area (Å²) in [6.45, 7) is 0. The van der Waals surface area contributed by atoms with Gasteiger partial charge in [0.25, 0.3) is 0 Å². The fraction of sp³-hybridized carbons (Fsp3) is 0. The summed E-state index contributed by atoms with van der Waals surface area (Å²) in [5, 5.41) is 0. The molecule has 0 heterocycles. The molecule has 0 N–H and O–H groups in total. The maximum Gasteiger partial charge on any atom is 0.207 e. The summed E-state index contributed by atoms with van der Waals surface area (Å²) in [4.78, 5) is 0. The molecule has 0 aliphatic rings. The average molecular weight is 238 g/mol. The van der Waals surface area contributed by atoms with Crippen molar-refractivity contribution in [1.29, 1.82) is 0 Å². The third-order valence-electron chi connectivity index (χ3n) is 2.48. The lowest BCUT2D eigenvalue weighted by atomic mass is 9.63. The van der Waals surface area contributed by atoms with Crippen LogP contribution in [-0.4, -0.2) is 7.28 Å². The Morgan fingerprint density at radius 3 is 1.18 bits per heavy atom. The molecule has 0 nitrogen and oxygen atoms in total. The van der Waals surface area contributed by atoms with Gasteiger partial charge in [0, 0.05) is 0 Å². The highest BCUT2D eigenvalue weighted by atomic mass is 19.1. The second-order valence-electron chi connectivity index (χ2n) is 3.58. The summed E-state index contributed by atoms with van der Waals surface area (Å²) < 4.78 is 53.3. The SMILES string of the molecule is Fc1cccc(F)c1Bc1c(F)cccc1F. The highest BCUT2D eigenvalue weighted by molar-refractivity contribution is 6.67. The van der Waals surface area contributed by atoms with Gasteiger partial charge in [-0.15, -0.1) is 0 Å². The Balaban J connectivity index is 2.45. The summed E-state index contributed by atoms with van der Waals surface area (Å²) in [6, 6.07) is 6.61. The largest absolute Gasteiger partial charge is 0.207 e. The maximum atomic E-state index is 13.3. The molecule has 0 fully saturated rings. The molecule has 5 heteroatoms. The van der Waals surface area contributed by atoms with Crippen LogP contribution >= 0.6 is 0 Å². The number of halogens is 4. The Labute approximate surface area is 96.1 Å². The van der Waals surface area contributed by atoms with E-state index in [-0.39, 0.29) is 10.9 Å². The van der Waals surface area contributed by atoms with Crippen LogP contribution in [0.4, 0.5) is 17.6 Å². The van der Waals surface area contributed by atoms with Crippen LogP contribution in [0.3, 0.4) is 0 Å². The molecule has 17 heavy (non-hydrogen) atoms. The number of hydrogen-bond acceptors (Lipinski definition) is 0. The van der Waals surface area contributed by atoms with Gasteiger partial charge in [-0.3, -0.25) is 0 Å². The van der Waals surface area contributed by atoms with Gasteiger partial charge in [-0.25, -0.2) is 17.6 Å². The predicted octanol–water partition coefficient (Wildman–Crippen LogP) is 1.63. The molecule has 0 aliphatic heterocycles. The van der Waals surface area contributed by atoms with E-state index in [2.05, 4.69) is 0 Å². The minimum atomic E-state index is -0.812. The third kappa shape index (κ3) is 2.33. The Bertz CT molecular complexity index is 464. The fourth-order valence-corrected chi connectivity index (χ4v) is 1.58. The Morgan fingerprint density at radius 1 is 0.588 bits per heavy atom. The van der Waals surface area contributed by atoms with Gasteiger partial charge in [0.05, 0.1) is 0 Å². The molecular weight excluding hydrogens is 231 g/mol. The first kappa shape index (κ1) is 11.7. The Kier molecular flexibility index (Phi) is 3.18. The van der Waals surface area contributed by atoms with E-state index in [1.807, 2.05) is 0 Å². The molecule has 0 spiro atoms. The topological polar surface area (TPSA) is 0 Å². The van der Waals surface area contributed by atoms with E-state index in [1.54, 1.807) is 0 Å². The standard InChI is InChI=1S/C12H7BF4/c14-7-3-1-4-8(15)11(7)13-12-9(16)5-2-6-10(12)17/h1-6,13H. The van der Waals surface area contributed by atoms with Crippen molar-refractivity contribution < 1.29 is 17.6 Å². The molecule has 0 radical (unpaired) electrons. The van der Waals surface area contributed by atoms with Crippen molar-refractivity contribution >= 4 is 18.2 Å². The lowest BCUT2D eigenvalue weighted by molar-refractivity contribution is 0.593. The molecule has 0 unspecified atom stereocenters. The van der Waals surface area contributed by atoms with E-state index in [0.29, 0.717) is 0 Å². The van der Waals surface area contributed by atoms with Crippen LogP contribution < -0.4 is 10.9 Å². The fourth-order valence-electron chi connectivity index (χ4n) is 1.58. The summed E-state index contributed by atoms with van der Waals surface area (Å²) in [5.41, 5.74) is -0.673. The van der Waals surface area contributed by atoms with Crippen LogP contribution in [0.2, 0.25) is 0 Å². The van der Waals surface area contributed by atoms with Crippen molar-refractivity contribution in [3.63, 3.8) is 0 Å². The first-order valence-electron chi connectivity index (χ1n) is 4.95. The molecule has 0 aromatic heterocycles. The van der Waals surface area contributed by atoms with Crippen molar-refractivity contribution in [1.82, 2.24) is 0 Å². The highest BCUT2D eigenvalue weighted by Crippen LogP contribution is 2.02. The molecule has 0 aliphatic carbocycles. The van der Waals surface area contributed by atoms with Crippen LogP contribution in [0.15, 0.2) is 36.4 Å². The Hall–Kier alpha value is -1.78. The molecule has 0 amide bonds. The zero-order valence-electron chi connectivity index (χ0n) is 8.68. The maximum absolute atomic E-state index is 13.3. The molecular formula is C12H7BF4. The van der Waals surface area contributed by atoms with Gasteiger partial charge >= 0.3 is 0 Å². The zero-order chi connectivity index (χ0) is 12.4. The second-order valence-corrected chi connectivity index (χ2v) is 3.58. The van der Waals surface area contributed by atoms with Gasteiger partial charge in [0.15, 0.2) is 0 Å². The average Bonchev–Trinajstić information content (AvgIpc) is 2.27. The van der Waals surface area contributed by atoms with E-state index < -0.39 is 30.5 Å². The summed E-state index contributed by atoms with van der Waals surface area (Å²) >= 11 is 0. The first-order valence-corrected chi connectivity index (χ1v) is 4.95. The van der Waals surface area contributed by atoms with Gasteiger partial charge < -0.3 is 0 Å². The van der Waals surface area contributed by atoms with E-state index in [9.17, 15) is 17.6 Å². The van der Waals surface area contributed by atoms with Gasteiger partial charge in [-0.2, -0.15) is 0 Å². The highest BCUT2D eigenvalue weighted by Gasteiger charge is 2.16. The van der Waals surface area contributed by atoms with Gasteiger partial charge in [0.2, 0.25) is 7.28 Å². The van der Waals surface area contributed by atoms with Crippen LogP contribution in [0.1, 0.15) is 0 Å². The predicted molar refractivity (Wildman–Crippen MR) is 59.1 cm³/mol. The molecule has 2 aromatic rings. The monoisotopic (exact) mass is 238 g/mol. The van der Waals surface area contributed by atoms with Crippen molar-refractivity contribution in [2.45, 2.75) is 0 Å². The van der Waals surface area contributed by atoms with Crippen LogP contribution in [0.25, 0.3) is 0 Å². The summed E-state index contributed by atoms with van der Waals surface area (Å²) in [6.07, 6.45) is 0. The number of hydrogen-bond donors (Lipinski definition) is 0. The van der Waals surface area contributed by atoms with Crippen molar-refractivity contribution in [2.24, 2.45) is 0 Å². The zero-order valence-corrected chi connectivity index (χ0v) is 8.68. The molecule has 0 saturated carbocycles. The first-order chi connectivity index (χ1) is 8.09. The summed E-state index contributed by atoms with van der Waals surface area (Å²) in [7, 11) is -0.447. The summed E-state index contributed by atoms with van der Waals surface area (Å²) in [5.74, 6) is -3.25. The molecule has 0 bridgehead atoms. The van der Waals surface area contributed by atoms with Gasteiger partial charge in [-0.1, -0.05) is 12.1 Å². The van der Waals surface area contributed by atoms with Crippen molar-refractivity contribution in [3.8, 4) is 0 Å². The second kappa shape index (κ2) is 4.61. The van der Waals surface area contributed by atoms with Crippen molar-refractivity contribution in [3.05, 3.63) is 59.7 Å². The van der Waals surface area contributed by atoms with E-state index >= 15 is 0 Å². The minimum absolute atomic E-state index is 0.337.